The van der Waals surface area contributed by atoms with Crippen molar-refractivity contribution in [1.82, 2.24) is 24.7 Å². The number of oxazole rings is 1. The molecule has 36 heavy (non-hydrogen) atoms. The van der Waals surface area contributed by atoms with Crippen LogP contribution in [0.3, 0.4) is 0 Å². The standard InChI is InChI=1S/C23H19N7O4S2/c24-20-18-19(13-6-7-15-14(8-13)28-23(25)34-15)29-30(21(18)27-11-26-20)9-17-16(10-36(32)35-17)33-22(31)12-4-2-1-3-5-12/h1-8,11,16-17H,9-10H2,(H2,25,28)(H2,24,26,27)/t16?,17-,36?/m1/s1. The lowest BCUT2D eigenvalue weighted by molar-refractivity contribution is 0.0341. The van der Waals surface area contributed by atoms with Gasteiger partial charge < -0.3 is 25.2 Å². The summed E-state index contributed by atoms with van der Waals surface area (Å²) in [7, 11) is 0.0515. The first kappa shape index (κ1) is 22.6. The normalized spacial score (nSPS) is 19.8. The van der Waals surface area contributed by atoms with Gasteiger partial charge in [0.25, 0.3) is 6.01 Å². The SMILES string of the molecule is Nc1nc2cc(-c3nn(C[C@H]4S[S+]([O-])CC4OC(=O)c4ccccc4)c4ncnc(N)c34)ccc2o1. The molecule has 5 aromatic rings. The Hall–Kier alpha value is -3.81. The van der Waals surface area contributed by atoms with Crippen LogP contribution >= 0.6 is 10.8 Å². The highest BCUT2D eigenvalue weighted by atomic mass is 33.1. The molecule has 3 atom stereocenters. The number of ether oxygens (including phenoxy) is 1. The summed E-state index contributed by atoms with van der Waals surface area (Å²) in [6.45, 7) is 0.301. The number of hydrogen-bond donors (Lipinski definition) is 2. The number of rotatable bonds is 5. The van der Waals surface area contributed by atoms with Crippen molar-refractivity contribution in [2.45, 2.75) is 17.9 Å². The fourth-order valence-corrected chi connectivity index (χ4v) is 7.68. The van der Waals surface area contributed by atoms with Crippen LogP contribution in [0.25, 0.3) is 33.4 Å². The monoisotopic (exact) mass is 521 g/mol. The number of fused-ring (bicyclic) bond motifs is 2. The molecule has 0 aliphatic carbocycles. The molecule has 0 amide bonds. The lowest BCUT2D eigenvalue weighted by Crippen LogP contribution is -2.31. The van der Waals surface area contributed by atoms with E-state index >= 15 is 0 Å². The van der Waals surface area contributed by atoms with Crippen LogP contribution in [0.1, 0.15) is 10.4 Å². The van der Waals surface area contributed by atoms with Gasteiger partial charge >= 0.3 is 5.97 Å². The molecule has 13 heteroatoms. The Labute approximate surface area is 210 Å². The number of hydrogen-bond acceptors (Lipinski definition) is 11. The Balaban J connectivity index is 1.34. The summed E-state index contributed by atoms with van der Waals surface area (Å²) in [5.41, 5.74) is 15.3. The van der Waals surface area contributed by atoms with Crippen molar-refractivity contribution in [2.24, 2.45) is 0 Å². The van der Waals surface area contributed by atoms with Gasteiger partial charge in [0.15, 0.2) is 23.1 Å². The van der Waals surface area contributed by atoms with Gasteiger partial charge in [0.2, 0.25) is 0 Å². The van der Waals surface area contributed by atoms with Gasteiger partial charge in [-0.05, 0) is 30.3 Å². The molecule has 6 rings (SSSR count). The van der Waals surface area contributed by atoms with Crippen LogP contribution < -0.4 is 11.5 Å². The van der Waals surface area contributed by atoms with Crippen LogP contribution in [0, 0.1) is 0 Å². The summed E-state index contributed by atoms with van der Waals surface area (Å²) in [5, 5.41) is 5.06. The highest BCUT2D eigenvalue weighted by molar-refractivity contribution is 8.72. The number of benzene rings is 2. The molecule has 2 unspecified atom stereocenters. The zero-order valence-electron chi connectivity index (χ0n) is 18.6. The van der Waals surface area contributed by atoms with Crippen molar-refractivity contribution in [2.75, 3.05) is 17.2 Å². The number of nitrogen functional groups attached to an aromatic ring is 2. The molecule has 1 aliphatic rings. The topological polar surface area (TPSA) is 171 Å². The predicted molar refractivity (Wildman–Crippen MR) is 137 cm³/mol. The lowest BCUT2D eigenvalue weighted by atomic mass is 10.1. The van der Waals surface area contributed by atoms with Crippen molar-refractivity contribution in [3.05, 3.63) is 60.4 Å². The third-order valence-electron chi connectivity index (χ3n) is 5.80. The van der Waals surface area contributed by atoms with E-state index in [1.54, 1.807) is 41.1 Å². The predicted octanol–water partition coefficient (Wildman–Crippen LogP) is 2.80. The minimum Gasteiger partial charge on any atom is -0.605 e. The summed E-state index contributed by atoms with van der Waals surface area (Å²) in [6, 6.07) is 14.2. The first-order valence-electron chi connectivity index (χ1n) is 10.9. The first-order chi connectivity index (χ1) is 17.5. The van der Waals surface area contributed by atoms with Gasteiger partial charge in [-0.3, -0.25) is 0 Å². The van der Waals surface area contributed by atoms with E-state index < -0.39 is 22.3 Å². The first-order valence-corrected chi connectivity index (χ1v) is 13.6. The average molecular weight is 522 g/mol. The van der Waals surface area contributed by atoms with Crippen LogP contribution in [0.15, 0.2) is 59.3 Å². The van der Waals surface area contributed by atoms with E-state index in [9.17, 15) is 9.35 Å². The van der Waals surface area contributed by atoms with Crippen molar-refractivity contribution < 1.29 is 18.5 Å². The second-order valence-corrected chi connectivity index (χ2v) is 11.6. The van der Waals surface area contributed by atoms with Gasteiger partial charge in [-0.15, -0.1) is 0 Å². The van der Waals surface area contributed by atoms with E-state index in [1.165, 1.54) is 17.1 Å². The number of nitrogens with two attached hydrogens (primary N) is 2. The maximum absolute atomic E-state index is 12.6. The molecule has 1 saturated heterocycles. The number of carbonyl (C=O) groups is 1. The zero-order valence-corrected chi connectivity index (χ0v) is 20.2. The largest absolute Gasteiger partial charge is 0.605 e. The fraction of sp³-hybridized carbons (Fsp3) is 0.174. The number of esters is 1. The summed E-state index contributed by atoms with van der Waals surface area (Å²) in [6.07, 6.45) is 0.813. The molecule has 3 aromatic heterocycles. The minimum atomic E-state index is -1.20. The minimum absolute atomic E-state index is 0.0720. The van der Waals surface area contributed by atoms with Crippen LogP contribution in [0.4, 0.5) is 11.8 Å². The third kappa shape index (κ3) is 4.10. The van der Waals surface area contributed by atoms with Crippen LogP contribution in [-0.4, -0.2) is 52.4 Å². The van der Waals surface area contributed by atoms with Gasteiger partial charge in [0.05, 0.1) is 28.3 Å². The van der Waals surface area contributed by atoms with Crippen molar-refractivity contribution >= 4 is 60.9 Å². The van der Waals surface area contributed by atoms with E-state index in [0.29, 0.717) is 39.9 Å². The second-order valence-electron chi connectivity index (χ2n) is 8.14. The molecule has 0 radical (unpaired) electrons. The van der Waals surface area contributed by atoms with E-state index in [2.05, 4.69) is 15.0 Å². The molecule has 2 aromatic carbocycles. The average Bonchev–Trinajstić information content (AvgIpc) is 3.54. The molecule has 1 fully saturated rings. The summed E-state index contributed by atoms with van der Waals surface area (Å²) in [5.74, 6) is 0.0556. The molecule has 0 bridgehead atoms. The van der Waals surface area contributed by atoms with Crippen molar-refractivity contribution in [3.63, 3.8) is 0 Å². The molecular weight excluding hydrogens is 502 g/mol. The van der Waals surface area contributed by atoms with Crippen molar-refractivity contribution in [3.8, 4) is 11.3 Å². The zero-order chi connectivity index (χ0) is 24.8. The summed E-state index contributed by atoms with van der Waals surface area (Å²) >= 11 is 0. The Kier molecular flexibility index (Phi) is 5.66. The van der Waals surface area contributed by atoms with Gasteiger partial charge in [0.1, 0.15) is 28.6 Å². The van der Waals surface area contributed by atoms with Crippen LogP contribution in [-0.2, 0) is 21.5 Å². The smallest absolute Gasteiger partial charge is 0.338 e. The van der Waals surface area contributed by atoms with Gasteiger partial charge in [0, 0.05) is 15.8 Å². The van der Waals surface area contributed by atoms with Gasteiger partial charge in [-0.25, -0.2) is 19.4 Å². The molecule has 4 heterocycles. The summed E-state index contributed by atoms with van der Waals surface area (Å²) < 4.78 is 25.2. The molecule has 1 aliphatic heterocycles. The molecule has 11 nitrogen and oxygen atoms in total. The summed E-state index contributed by atoms with van der Waals surface area (Å²) in [4.78, 5) is 25.4. The highest BCUT2D eigenvalue weighted by Crippen LogP contribution is 2.37. The lowest BCUT2D eigenvalue weighted by Gasteiger charge is -2.16. The van der Waals surface area contributed by atoms with Crippen LogP contribution in [0.2, 0.25) is 0 Å². The molecule has 4 N–H and O–H groups in total. The Morgan fingerprint density at radius 3 is 2.89 bits per heavy atom. The Morgan fingerprint density at radius 1 is 1.22 bits per heavy atom. The van der Waals surface area contributed by atoms with E-state index in [-0.39, 0.29) is 22.8 Å². The van der Waals surface area contributed by atoms with Gasteiger partial charge in [-0.1, -0.05) is 18.2 Å². The quantitative estimate of drug-likeness (QED) is 0.198. The number of nitrogens with zero attached hydrogens (tertiary/aromatic N) is 5. The van der Waals surface area contributed by atoms with Crippen LogP contribution in [0.5, 0.6) is 0 Å². The number of aromatic nitrogens is 5. The molecule has 182 valence electrons. The highest BCUT2D eigenvalue weighted by Gasteiger charge is 2.43. The second kappa shape index (κ2) is 9.00. The Bertz CT molecular complexity index is 1590. The maximum atomic E-state index is 12.6. The molecule has 0 spiro atoms. The fourth-order valence-electron chi connectivity index (χ4n) is 4.14. The van der Waals surface area contributed by atoms with E-state index in [0.717, 1.165) is 5.56 Å². The van der Waals surface area contributed by atoms with Gasteiger partial charge in [-0.2, -0.15) is 10.1 Å². The molecule has 0 saturated carbocycles. The number of carbonyl (C=O) groups excluding carboxylic acids is 1. The third-order valence-corrected chi connectivity index (χ3v) is 9.11. The van der Waals surface area contributed by atoms with Crippen molar-refractivity contribution in [1.29, 1.82) is 0 Å². The van der Waals surface area contributed by atoms with E-state index in [4.69, 9.17) is 25.7 Å². The Morgan fingerprint density at radius 2 is 2.06 bits per heavy atom. The maximum Gasteiger partial charge on any atom is 0.338 e. The number of anilines is 2. The van der Waals surface area contributed by atoms with E-state index in [1.807, 2.05) is 12.1 Å². The molecular formula is C23H19N7O4S2.